The third-order valence-corrected chi connectivity index (χ3v) is 4.78. The summed E-state index contributed by atoms with van der Waals surface area (Å²) in [6, 6.07) is 0.439. The molecule has 3 atom stereocenters. The number of hydrogen-bond acceptors (Lipinski definition) is 5. The molecular formula is C16H30N2O2S. The lowest BCUT2D eigenvalue weighted by Gasteiger charge is -2.19. The van der Waals surface area contributed by atoms with Crippen molar-refractivity contribution in [1.82, 2.24) is 10.3 Å². The van der Waals surface area contributed by atoms with E-state index < -0.39 is 6.10 Å². The number of nitrogens with zero attached hydrogens (tertiary/aromatic N) is 1. The Balaban J connectivity index is 2.06. The first-order valence-corrected chi connectivity index (χ1v) is 8.79. The second-order valence-corrected chi connectivity index (χ2v) is 6.84. The van der Waals surface area contributed by atoms with Crippen LogP contribution in [0.3, 0.4) is 0 Å². The smallest absolute Gasteiger partial charge is 0.0897 e. The van der Waals surface area contributed by atoms with Crippen LogP contribution in [0.15, 0.2) is 5.51 Å². The van der Waals surface area contributed by atoms with Crippen LogP contribution >= 0.6 is 11.3 Å². The molecule has 0 saturated carbocycles. The van der Waals surface area contributed by atoms with Crippen molar-refractivity contribution in [2.45, 2.75) is 59.1 Å². The van der Waals surface area contributed by atoms with E-state index in [4.69, 9.17) is 4.74 Å². The summed E-state index contributed by atoms with van der Waals surface area (Å²) in [5.41, 5.74) is 2.95. The van der Waals surface area contributed by atoms with E-state index in [1.54, 1.807) is 11.3 Å². The topological polar surface area (TPSA) is 54.4 Å². The lowest BCUT2D eigenvalue weighted by Crippen LogP contribution is -2.36. The largest absolute Gasteiger partial charge is 0.389 e. The van der Waals surface area contributed by atoms with Crippen molar-refractivity contribution in [2.24, 2.45) is 5.92 Å². The zero-order valence-corrected chi connectivity index (χ0v) is 14.6. The molecule has 0 spiro atoms. The quantitative estimate of drug-likeness (QED) is 0.617. The zero-order chi connectivity index (χ0) is 15.7. The number of aryl methyl sites for hydroxylation is 1. The van der Waals surface area contributed by atoms with Crippen LogP contribution in [0.25, 0.3) is 0 Å². The van der Waals surface area contributed by atoms with Crippen LogP contribution in [0.1, 0.15) is 44.2 Å². The third-order valence-electron chi connectivity index (χ3n) is 3.78. The average molecular weight is 314 g/mol. The average Bonchev–Trinajstić information content (AvgIpc) is 2.86. The Bertz CT molecular complexity index is 384. The van der Waals surface area contributed by atoms with E-state index in [0.29, 0.717) is 25.8 Å². The van der Waals surface area contributed by atoms with E-state index in [-0.39, 0.29) is 0 Å². The molecule has 0 aliphatic heterocycles. The predicted octanol–water partition coefficient (Wildman–Crippen LogP) is 2.79. The number of aliphatic hydroxyl groups is 1. The molecule has 122 valence electrons. The van der Waals surface area contributed by atoms with Gasteiger partial charge in [0.15, 0.2) is 0 Å². The van der Waals surface area contributed by atoms with Crippen LogP contribution in [0.5, 0.6) is 0 Å². The van der Waals surface area contributed by atoms with Crippen molar-refractivity contribution in [3.63, 3.8) is 0 Å². The molecule has 1 rings (SSSR count). The number of rotatable bonds is 11. The van der Waals surface area contributed by atoms with Gasteiger partial charge < -0.3 is 15.2 Å². The molecule has 0 fully saturated rings. The molecule has 0 aromatic carbocycles. The van der Waals surface area contributed by atoms with E-state index in [2.05, 4.69) is 31.1 Å². The monoisotopic (exact) mass is 314 g/mol. The van der Waals surface area contributed by atoms with Crippen molar-refractivity contribution in [3.05, 3.63) is 16.1 Å². The minimum Gasteiger partial charge on any atom is -0.389 e. The molecule has 1 aromatic heterocycles. The van der Waals surface area contributed by atoms with Gasteiger partial charge in [-0.05, 0) is 26.2 Å². The summed E-state index contributed by atoms with van der Waals surface area (Å²) in [5, 5.41) is 13.3. The van der Waals surface area contributed by atoms with E-state index in [1.807, 2.05) is 12.4 Å². The maximum Gasteiger partial charge on any atom is 0.0897 e. The van der Waals surface area contributed by atoms with Gasteiger partial charge in [-0.1, -0.05) is 20.3 Å². The van der Waals surface area contributed by atoms with Gasteiger partial charge in [-0.25, -0.2) is 4.98 Å². The van der Waals surface area contributed by atoms with Crippen molar-refractivity contribution in [2.75, 3.05) is 19.8 Å². The first kappa shape index (κ1) is 18.6. The van der Waals surface area contributed by atoms with Gasteiger partial charge in [0.05, 0.1) is 30.5 Å². The molecule has 2 N–H and O–H groups in total. The van der Waals surface area contributed by atoms with Crippen LogP contribution < -0.4 is 5.32 Å². The Labute approximate surface area is 132 Å². The van der Waals surface area contributed by atoms with E-state index >= 15 is 0 Å². The SMILES string of the molecule is CCC(C)CC(C)NCC(O)COCCc1scnc1C. The highest BCUT2D eigenvalue weighted by Crippen LogP contribution is 2.12. The van der Waals surface area contributed by atoms with Crippen molar-refractivity contribution in [1.29, 1.82) is 0 Å². The van der Waals surface area contributed by atoms with Crippen molar-refractivity contribution < 1.29 is 9.84 Å². The Morgan fingerprint density at radius 3 is 2.81 bits per heavy atom. The first-order valence-electron chi connectivity index (χ1n) is 7.91. The Morgan fingerprint density at radius 2 is 2.19 bits per heavy atom. The maximum atomic E-state index is 9.90. The van der Waals surface area contributed by atoms with Gasteiger partial charge in [0.25, 0.3) is 0 Å². The third kappa shape index (κ3) is 7.90. The van der Waals surface area contributed by atoms with Gasteiger partial charge in [0, 0.05) is 23.9 Å². The molecular weight excluding hydrogens is 284 g/mol. The minimum atomic E-state index is -0.438. The Kier molecular flexibility index (Phi) is 9.08. The molecule has 1 heterocycles. The van der Waals surface area contributed by atoms with Gasteiger partial charge in [0.2, 0.25) is 0 Å². The number of aromatic nitrogens is 1. The van der Waals surface area contributed by atoms with Gasteiger partial charge in [-0.2, -0.15) is 0 Å². The van der Waals surface area contributed by atoms with Crippen molar-refractivity contribution >= 4 is 11.3 Å². The molecule has 0 aliphatic carbocycles. The fourth-order valence-corrected chi connectivity index (χ4v) is 2.96. The number of aliphatic hydroxyl groups excluding tert-OH is 1. The summed E-state index contributed by atoms with van der Waals surface area (Å²) in [5.74, 6) is 0.725. The second-order valence-electron chi connectivity index (χ2n) is 5.90. The van der Waals surface area contributed by atoms with Crippen LogP contribution in [0.4, 0.5) is 0 Å². The number of ether oxygens (including phenoxy) is 1. The first-order chi connectivity index (χ1) is 10.0. The lowest BCUT2D eigenvalue weighted by molar-refractivity contribution is 0.0370. The summed E-state index contributed by atoms with van der Waals surface area (Å²) in [6.45, 7) is 10.3. The molecule has 0 bridgehead atoms. The Morgan fingerprint density at radius 1 is 1.43 bits per heavy atom. The normalized spacial score (nSPS) is 15.9. The molecule has 3 unspecified atom stereocenters. The number of hydrogen-bond donors (Lipinski definition) is 2. The molecule has 0 radical (unpaired) electrons. The van der Waals surface area contributed by atoms with Crippen LogP contribution in [-0.4, -0.2) is 42.0 Å². The number of thiazole rings is 1. The summed E-state index contributed by atoms with van der Waals surface area (Å²) in [4.78, 5) is 5.48. The van der Waals surface area contributed by atoms with E-state index in [1.165, 1.54) is 11.3 Å². The lowest BCUT2D eigenvalue weighted by atomic mass is 10.0. The Hall–Kier alpha value is -0.490. The second kappa shape index (κ2) is 10.3. The molecule has 5 heteroatoms. The molecule has 4 nitrogen and oxygen atoms in total. The zero-order valence-electron chi connectivity index (χ0n) is 13.8. The van der Waals surface area contributed by atoms with E-state index in [0.717, 1.165) is 24.5 Å². The highest BCUT2D eigenvalue weighted by atomic mass is 32.1. The molecule has 0 amide bonds. The van der Waals surface area contributed by atoms with Gasteiger partial charge >= 0.3 is 0 Å². The van der Waals surface area contributed by atoms with Crippen LogP contribution in [-0.2, 0) is 11.2 Å². The summed E-state index contributed by atoms with van der Waals surface area (Å²) < 4.78 is 5.55. The van der Waals surface area contributed by atoms with Crippen molar-refractivity contribution in [3.8, 4) is 0 Å². The van der Waals surface area contributed by atoms with E-state index in [9.17, 15) is 5.11 Å². The summed E-state index contributed by atoms with van der Waals surface area (Å²) >= 11 is 1.66. The number of nitrogens with one attached hydrogen (secondary N) is 1. The fraction of sp³-hybridized carbons (Fsp3) is 0.812. The van der Waals surface area contributed by atoms with Gasteiger partial charge in [-0.15, -0.1) is 11.3 Å². The highest BCUT2D eigenvalue weighted by molar-refractivity contribution is 7.09. The molecule has 1 aromatic rings. The van der Waals surface area contributed by atoms with Gasteiger partial charge in [0.1, 0.15) is 0 Å². The summed E-state index contributed by atoms with van der Waals surface area (Å²) in [7, 11) is 0. The molecule has 0 aliphatic rings. The fourth-order valence-electron chi connectivity index (χ4n) is 2.20. The van der Waals surface area contributed by atoms with Gasteiger partial charge in [-0.3, -0.25) is 0 Å². The maximum absolute atomic E-state index is 9.90. The molecule has 0 saturated heterocycles. The summed E-state index contributed by atoms with van der Waals surface area (Å²) in [6.07, 6.45) is 2.79. The molecule has 21 heavy (non-hydrogen) atoms. The van der Waals surface area contributed by atoms with Crippen LogP contribution in [0.2, 0.25) is 0 Å². The minimum absolute atomic E-state index is 0.390. The predicted molar refractivity (Wildman–Crippen MR) is 88.9 cm³/mol. The standard InChI is InChI=1S/C16H30N2O2S/c1-5-12(2)8-13(3)17-9-15(19)10-20-7-6-16-14(4)18-11-21-16/h11-13,15,17,19H,5-10H2,1-4H3. The van der Waals surface area contributed by atoms with Crippen LogP contribution in [0, 0.1) is 12.8 Å². The highest BCUT2D eigenvalue weighted by Gasteiger charge is 2.10.